The maximum absolute atomic E-state index is 5.84. The minimum absolute atomic E-state index is 0.00294. The molecule has 0 N–H and O–H groups in total. The second kappa shape index (κ2) is 5.88. The van der Waals surface area contributed by atoms with Crippen molar-refractivity contribution in [3.05, 3.63) is 65.7 Å². The molecule has 1 unspecified atom stereocenters. The Morgan fingerprint density at radius 2 is 1.76 bits per heavy atom. The van der Waals surface area contributed by atoms with Gasteiger partial charge in [0.25, 0.3) is 0 Å². The SMILES string of the molecule is CC1(C)OCC(c2ccc(OCc3ccccc3)cc2)O1. The fourth-order valence-electron chi connectivity index (χ4n) is 2.37. The minimum Gasteiger partial charge on any atom is -0.489 e. The lowest BCUT2D eigenvalue weighted by Crippen LogP contribution is -2.19. The Balaban J connectivity index is 1.60. The third-order valence-electron chi connectivity index (χ3n) is 3.51. The van der Waals surface area contributed by atoms with E-state index in [4.69, 9.17) is 14.2 Å². The summed E-state index contributed by atoms with van der Waals surface area (Å²) in [5.41, 5.74) is 2.28. The van der Waals surface area contributed by atoms with E-state index in [2.05, 4.69) is 12.1 Å². The average Bonchev–Trinajstić information content (AvgIpc) is 2.87. The van der Waals surface area contributed by atoms with Gasteiger partial charge in [-0.15, -0.1) is 0 Å². The molecule has 1 fully saturated rings. The summed E-state index contributed by atoms with van der Waals surface area (Å²) in [5.74, 6) is 0.369. The van der Waals surface area contributed by atoms with Crippen LogP contribution in [0.3, 0.4) is 0 Å². The van der Waals surface area contributed by atoms with Crippen LogP contribution in [0.1, 0.15) is 31.1 Å². The standard InChI is InChI=1S/C18H20O3/c1-18(2)20-13-17(21-18)15-8-10-16(11-9-15)19-12-14-6-4-3-5-7-14/h3-11,17H,12-13H2,1-2H3. The largest absolute Gasteiger partial charge is 0.489 e. The number of hydrogen-bond donors (Lipinski definition) is 0. The zero-order valence-electron chi connectivity index (χ0n) is 12.4. The molecule has 1 saturated heterocycles. The number of ether oxygens (including phenoxy) is 3. The van der Waals surface area contributed by atoms with E-state index in [0.717, 1.165) is 16.9 Å². The van der Waals surface area contributed by atoms with E-state index in [1.807, 2.05) is 56.3 Å². The van der Waals surface area contributed by atoms with E-state index < -0.39 is 5.79 Å². The van der Waals surface area contributed by atoms with Crippen LogP contribution in [0.2, 0.25) is 0 Å². The van der Waals surface area contributed by atoms with Gasteiger partial charge in [0.2, 0.25) is 0 Å². The van der Waals surface area contributed by atoms with Crippen LogP contribution in [0.25, 0.3) is 0 Å². The van der Waals surface area contributed by atoms with E-state index in [1.54, 1.807) is 0 Å². The van der Waals surface area contributed by atoms with Crippen molar-refractivity contribution in [2.75, 3.05) is 6.61 Å². The van der Waals surface area contributed by atoms with Gasteiger partial charge < -0.3 is 14.2 Å². The number of hydrogen-bond acceptors (Lipinski definition) is 3. The van der Waals surface area contributed by atoms with Crippen molar-refractivity contribution in [1.82, 2.24) is 0 Å². The maximum atomic E-state index is 5.84. The van der Waals surface area contributed by atoms with E-state index >= 15 is 0 Å². The second-order valence-corrected chi connectivity index (χ2v) is 5.66. The normalized spacial score (nSPS) is 20.4. The van der Waals surface area contributed by atoms with E-state index in [0.29, 0.717) is 13.2 Å². The Morgan fingerprint density at radius 1 is 1.05 bits per heavy atom. The molecular weight excluding hydrogens is 264 g/mol. The van der Waals surface area contributed by atoms with Crippen LogP contribution < -0.4 is 4.74 Å². The summed E-state index contributed by atoms with van der Waals surface area (Å²) in [6.07, 6.45) is 0.00294. The highest BCUT2D eigenvalue weighted by Crippen LogP contribution is 2.33. The van der Waals surface area contributed by atoms with Crippen molar-refractivity contribution in [2.24, 2.45) is 0 Å². The fraction of sp³-hybridized carbons (Fsp3) is 0.333. The van der Waals surface area contributed by atoms with E-state index in [-0.39, 0.29) is 6.10 Å². The van der Waals surface area contributed by atoms with Crippen molar-refractivity contribution in [3.63, 3.8) is 0 Å². The van der Waals surface area contributed by atoms with Crippen LogP contribution in [0.15, 0.2) is 54.6 Å². The van der Waals surface area contributed by atoms with Crippen LogP contribution in [0.5, 0.6) is 5.75 Å². The lowest BCUT2D eigenvalue weighted by molar-refractivity contribution is -0.139. The molecule has 3 heteroatoms. The molecule has 1 aliphatic rings. The molecule has 0 aliphatic carbocycles. The fourth-order valence-corrected chi connectivity index (χ4v) is 2.37. The molecule has 3 nitrogen and oxygen atoms in total. The van der Waals surface area contributed by atoms with Crippen molar-refractivity contribution in [3.8, 4) is 5.75 Å². The Hall–Kier alpha value is -1.84. The monoisotopic (exact) mass is 284 g/mol. The van der Waals surface area contributed by atoms with Gasteiger partial charge in [-0.2, -0.15) is 0 Å². The van der Waals surface area contributed by atoms with E-state index in [9.17, 15) is 0 Å². The predicted octanol–water partition coefficient (Wildman–Crippen LogP) is 4.09. The molecule has 2 aromatic carbocycles. The Labute approximate surface area is 125 Å². The van der Waals surface area contributed by atoms with Crippen molar-refractivity contribution in [2.45, 2.75) is 32.3 Å². The van der Waals surface area contributed by atoms with Crippen LogP contribution in [-0.2, 0) is 16.1 Å². The van der Waals surface area contributed by atoms with Gasteiger partial charge in [0, 0.05) is 0 Å². The summed E-state index contributed by atoms with van der Waals surface area (Å²) in [7, 11) is 0. The zero-order chi connectivity index (χ0) is 14.7. The molecule has 0 amide bonds. The van der Waals surface area contributed by atoms with Gasteiger partial charge in [0.05, 0.1) is 6.61 Å². The van der Waals surface area contributed by atoms with Gasteiger partial charge in [0.1, 0.15) is 18.5 Å². The van der Waals surface area contributed by atoms with Gasteiger partial charge in [-0.25, -0.2) is 0 Å². The molecule has 0 bridgehead atoms. The topological polar surface area (TPSA) is 27.7 Å². The summed E-state index contributed by atoms with van der Waals surface area (Å²) in [6, 6.07) is 18.2. The number of rotatable bonds is 4. The second-order valence-electron chi connectivity index (χ2n) is 5.66. The van der Waals surface area contributed by atoms with E-state index in [1.165, 1.54) is 0 Å². The summed E-state index contributed by atoms with van der Waals surface area (Å²) in [4.78, 5) is 0. The lowest BCUT2D eigenvalue weighted by atomic mass is 10.1. The highest BCUT2D eigenvalue weighted by molar-refractivity contribution is 5.29. The Morgan fingerprint density at radius 3 is 2.38 bits per heavy atom. The first-order chi connectivity index (χ1) is 10.1. The van der Waals surface area contributed by atoms with Gasteiger partial charge >= 0.3 is 0 Å². The molecule has 110 valence electrons. The Kier molecular flexibility index (Phi) is 3.95. The first kappa shape index (κ1) is 14.1. The predicted molar refractivity (Wildman–Crippen MR) is 81.1 cm³/mol. The lowest BCUT2D eigenvalue weighted by Gasteiger charge is -2.17. The third-order valence-corrected chi connectivity index (χ3v) is 3.51. The molecule has 0 radical (unpaired) electrons. The quantitative estimate of drug-likeness (QED) is 0.846. The van der Waals surface area contributed by atoms with Crippen LogP contribution in [-0.4, -0.2) is 12.4 Å². The number of benzene rings is 2. The summed E-state index contributed by atoms with van der Waals surface area (Å²) >= 11 is 0. The third kappa shape index (κ3) is 3.63. The molecule has 0 spiro atoms. The summed E-state index contributed by atoms with van der Waals surface area (Å²) < 4.78 is 17.2. The summed E-state index contributed by atoms with van der Waals surface area (Å²) in [6.45, 7) is 5.04. The summed E-state index contributed by atoms with van der Waals surface area (Å²) in [5, 5.41) is 0. The minimum atomic E-state index is -0.493. The van der Waals surface area contributed by atoms with Crippen LogP contribution in [0, 0.1) is 0 Å². The molecule has 1 heterocycles. The van der Waals surface area contributed by atoms with Crippen molar-refractivity contribution < 1.29 is 14.2 Å². The van der Waals surface area contributed by atoms with Crippen LogP contribution >= 0.6 is 0 Å². The average molecular weight is 284 g/mol. The zero-order valence-corrected chi connectivity index (χ0v) is 12.4. The maximum Gasteiger partial charge on any atom is 0.163 e. The molecule has 0 saturated carbocycles. The van der Waals surface area contributed by atoms with Gasteiger partial charge in [-0.1, -0.05) is 42.5 Å². The first-order valence-corrected chi connectivity index (χ1v) is 7.21. The molecule has 1 aliphatic heterocycles. The molecular formula is C18H20O3. The highest BCUT2D eigenvalue weighted by Gasteiger charge is 2.33. The smallest absolute Gasteiger partial charge is 0.163 e. The van der Waals surface area contributed by atoms with Gasteiger partial charge in [0.15, 0.2) is 5.79 Å². The van der Waals surface area contributed by atoms with Crippen LogP contribution in [0.4, 0.5) is 0 Å². The molecule has 2 aromatic rings. The Bertz CT molecular complexity index is 575. The molecule has 0 aromatic heterocycles. The van der Waals surface area contributed by atoms with Crippen molar-refractivity contribution in [1.29, 1.82) is 0 Å². The van der Waals surface area contributed by atoms with Gasteiger partial charge in [-0.3, -0.25) is 0 Å². The molecule has 21 heavy (non-hydrogen) atoms. The highest BCUT2D eigenvalue weighted by atomic mass is 16.7. The molecule has 3 rings (SSSR count). The van der Waals surface area contributed by atoms with Gasteiger partial charge in [-0.05, 0) is 37.1 Å². The van der Waals surface area contributed by atoms with Crippen molar-refractivity contribution >= 4 is 0 Å². The first-order valence-electron chi connectivity index (χ1n) is 7.21. The molecule has 1 atom stereocenters.